The maximum absolute atomic E-state index is 6.22. The zero-order chi connectivity index (χ0) is 17.2. The maximum Gasteiger partial charge on any atom is 0.140 e. The molecule has 0 spiro atoms. The van der Waals surface area contributed by atoms with Gasteiger partial charge in [0.25, 0.3) is 0 Å². The third kappa shape index (κ3) is 4.59. The van der Waals surface area contributed by atoms with Crippen LogP contribution in [-0.4, -0.2) is 24.5 Å². The molecule has 1 heterocycles. The molecule has 0 saturated carbocycles. The summed E-state index contributed by atoms with van der Waals surface area (Å²) in [5.41, 5.74) is 16.1. The molecule has 4 N–H and O–H groups in total. The fourth-order valence-electron chi connectivity index (χ4n) is 2.24. The highest BCUT2D eigenvalue weighted by molar-refractivity contribution is 9.10. The van der Waals surface area contributed by atoms with Gasteiger partial charge in [-0.2, -0.15) is 5.10 Å². The number of aryl methyl sites for hydroxylation is 1. The van der Waals surface area contributed by atoms with E-state index >= 15 is 0 Å². The van der Waals surface area contributed by atoms with Gasteiger partial charge in [-0.3, -0.25) is 0 Å². The molecule has 0 aliphatic heterocycles. The lowest BCUT2D eigenvalue weighted by Crippen LogP contribution is -2.22. The van der Waals surface area contributed by atoms with Crippen LogP contribution >= 0.6 is 15.9 Å². The summed E-state index contributed by atoms with van der Waals surface area (Å²) in [6, 6.07) is 6.85. The van der Waals surface area contributed by atoms with Crippen molar-refractivity contribution in [3.8, 4) is 11.3 Å². The van der Waals surface area contributed by atoms with Gasteiger partial charge in [0.1, 0.15) is 6.73 Å². The first-order valence-electron chi connectivity index (χ1n) is 7.65. The smallest absolute Gasteiger partial charge is 0.140 e. The van der Waals surface area contributed by atoms with Gasteiger partial charge in [-0.25, -0.2) is 4.68 Å². The Morgan fingerprint density at radius 1 is 1.26 bits per heavy atom. The van der Waals surface area contributed by atoms with Crippen molar-refractivity contribution < 1.29 is 4.74 Å². The van der Waals surface area contributed by atoms with Crippen LogP contribution < -0.4 is 11.5 Å². The van der Waals surface area contributed by atoms with Crippen molar-refractivity contribution in [2.75, 3.05) is 18.1 Å². The molecular weight excluding hydrogens is 372 g/mol. The van der Waals surface area contributed by atoms with E-state index in [4.69, 9.17) is 16.2 Å². The van der Waals surface area contributed by atoms with Gasteiger partial charge in [0, 0.05) is 30.4 Å². The Morgan fingerprint density at radius 3 is 2.61 bits per heavy atom. The predicted molar refractivity (Wildman–Crippen MR) is 103 cm³/mol. The normalized spacial score (nSPS) is 11.9. The lowest BCUT2D eigenvalue weighted by molar-refractivity contribution is 0.0796. The van der Waals surface area contributed by atoms with Crippen LogP contribution in [0.2, 0.25) is 25.7 Å². The summed E-state index contributed by atoms with van der Waals surface area (Å²) in [6.45, 7) is 10.0. The van der Waals surface area contributed by atoms with Crippen LogP contribution in [0.3, 0.4) is 0 Å². The number of aromatic nitrogens is 2. The van der Waals surface area contributed by atoms with Gasteiger partial charge >= 0.3 is 0 Å². The zero-order valence-corrected chi connectivity index (χ0v) is 16.8. The fourth-order valence-corrected chi connectivity index (χ4v) is 3.35. The molecule has 0 aliphatic rings. The number of anilines is 2. The SMILES string of the molecule is Cc1nn(COCC[Si](C)(C)C)c(-c2cc(Br)ccc2N)c1N. The highest BCUT2D eigenvalue weighted by Crippen LogP contribution is 2.34. The van der Waals surface area contributed by atoms with Crippen LogP contribution in [0.25, 0.3) is 11.3 Å². The Kier molecular flexibility index (Phi) is 5.54. The number of nitrogen functional groups attached to an aromatic ring is 2. The monoisotopic (exact) mass is 396 g/mol. The van der Waals surface area contributed by atoms with Crippen LogP contribution in [0.5, 0.6) is 0 Å². The van der Waals surface area contributed by atoms with Crippen LogP contribution in [0.15, 0.2) is 22.7 Å². The number of nitrogens with zero attached hydrogens (tertiary/aromatic N) is 2. The van der Waals surface area contributed by atoms with Crippen molar-refractivity contribution in [3.05, 3.63) is 28.4 Å². The van der Waals surface area contributed by atoms with E-state index in [9.17, 15) is 0 Å². The van der Waals surface area contributed by atoms with Crippen molar-refractivity contribution >= 4 is 35.4 Å². The lowest BCUT2D eigenvalue weighted by Gasteiger charge is -2.16. The number of ether oxygens (including phenoxy) is 1. The summed E-state index contributed by atoms with van der Waals surface area (Å²) in [4.78, 5) is 0. The minimum absolute atomic E-state index is 0.379. The minimum atomic E-state index is -1.10. The second-order valence-electron chi connectivity index (χ2n) is 6.93. The van der Waals surface area contributed by atoms with Gasteiger partial charge in [0.15, 0.2) is 0 Å². The molecule has 7 heteroatoms. The third-order valence-electron chi connectivity index (χ3n) is 3.65. The van der Waals surface area contributed by atoms with Crippen molar-refractivity contribution in [2.24, 2.45) is 0 Å². The van der Waals surface area contributed by atoms with E-state index in [0.29, 0.717) is 18.1 Å². The number of hydrogen-bond donors (Lipinski definition) is 2. The molecule has 23 heavy (non-hydrogen) atoms. The molecule has 0 bridgehead atoms. The highest BCUT2D eigenvalue weighted by atomic mass is 79.9. The number of benzene rings is 1. The maximum atomic E-state index is 6.22. The average molecular weight is 397 g/mol. The first kappa shape index (κ1) is 18.0. The second kappa shape index (κ2) is 7.07. The molecule has 2 aromatic rings. The van der Waals surface area contributed by atoms with Crippen molar-refractivity contribution in [2.45, 2.75) is 39.3 Å². The lowest BCUT2D eigenvalue weighted by atomic mass is 10.1. The molecule has 0 radical (unpaired) electrons. The third-order valence-corrected chi connectivity index (χ3v) is 5.85. The molecule has 0 amide bonds. The number of hydrogen-bond acceptors (Lipinski definition) is 4. The minimum Gasteiger partial charge on any atom is -0.398 e. The molecule has 0 unspecified atom stereocenters. The Morgan fingerprint density at radius 2 is 1.96 bits per heavy atom. The number of nitrogens with two attached hydrogens (primary N) is 2. The van der Waals surface area contributed by atoms with Gasteiger partial charge in [0.05, 0.1) is 17.1 Å². The van der Waals surface area contributed by atoms with E-state index < -0.39 is 8.07 Å². The van der Waals surface area contributed by atoms with E-state index in [1.54, 1.807) is 4.68 Å². The van der Waals surface area contributed by atoms with E-state index in [-0.39, 0.29) is 0 Å². The summed E-state index contributed by atoms with van der Waals surface area (Å²) in [6.07, 6.45) is 0. The molecule has 0 aliphatic carbocycles. The molecule has 2 rings (SSSR count). The first-order chi connectivity index (χ1) is 10.7. The summed E-state index contributed by atoms with van der Waals surface area (Å²) < 4.78 is 8.57. The Hall–Kier alpha value is -1.31. The van der Waals surface area contributed by atoms with Crippen molar-refractivity contribution in [1.82, 2.24) is 9.78 Å². The van der Waals surface area contributed by atoms with Crippen LogP contribution in [0.1, 0.15) is 5.69 Å². The summed E-state index contributed by atoms with van der Waals surface area (Å²) in [7, 11) is -1.10. The van der Waals surface area contributed by atoms with E-state index in [1.165, 1.54) is 0 Å². The number of rotatable bonds is 6. The van der Waals surface area contributed by atoms with E-state index in [0.717, 1.165) is 34.1 Å². The molecule has 0 fully saturated rings. The van der Waals surface area contributed by atoms with Gasteiger partial charge in [-0.05, 0) is 31.2 Å². The molecular formula is C16H25BrN4OSi. The highest BCUT2D eigenvalue weighted by Gasteiger charge is 2.18. The predicted octanol–water partition coefficient (Wildman–Crippen LogP) is 4.10. The fraction of sp³-hybridized carbons (Fsp3) is 0.438. The van der Waals surface area contributed by atoms with Gasteiger partial charge < -0.3 is 16.2 Å². The Labute approximate surface area is 147 Å². The molecule has 0 atom stereocenters. The summed E-state index contributed by atoms with van der Waals surface area (Å²) >= 11 is 3.48. The van der Waals surface area contributed by atoms with Gasteiger partial charge in [0.2, 0.25) is 0 Å². The molecule has 1 aromatic heterocycles. The van der Waals surface area contributed by atoms with Crippen LogP contribution in [0, 0.1) is 6.92 Å². The quantitative estimate of drug-likeness (QED) is 0.437. The van der Waals surface area contributed by atoms with Crippen molar-refractivity contribution in [1.29, 1.82) is 0 Å². The van der Waals surface area contributed by atoms with Crippen LogP contribution in [0.4, 0.5) is 11.4 Å². The number of halogens is 1. The largest absolute Gasteiger partial charge is 0.398 e. The first-order valence-corrected chi connectivity index (χ1v) is 12.1. The Bertz CT molecular complexity index is 694. The van der Waals surface area contributed by atoms with Crippen LogP contribution in [-0.2, 0) is 11.5 Å². The molecule has 126 valence electrons. The summed E-state index contributed by atoms with van der Waals surface area (Å²) in [5, 5.41) is 4.50. The molecule has 0 saturated heterocycles. The van der Waals surface area contributed by atoms with E-state index in [2.05, 4.69) is 40.7 Å². The second-order valence-corrected chi connectivity index (χ2v) is 13.5. The van der Waals surface area contributed by atoms with Crippen molar-refractivity contribution in [3.63, 3.8) is 0 Å². The summed E-state index contributed by atoms with van der Waals surface area (Å²) in [5.74, 6) is 0. The van der Waals surface area contributed by atoms with Gasteiger partial charge in [-0.1, -0.05) is 35.6 Å². The average Bonchev–Trinajstić information content (AvgIpc) is 2.72. The molecule has 1 aromatic carbocycles. The zero-order valence-electron chi connectivity index (χ0n) is 14.2. The topological polar surface area (TPSA) is 79.1 Å². The van der Waals surface area contributed by atoms with E-state index in [1.807, 2.05) is 25.1 Å². The standard InChI is InChI=1S/C16H25BrN4OSi/c1-11-15(19)16(13-9-12(17)5-6-14(13)18)21(20-11)10-22-7-8-23(2,3)4/h5-6,9H,7-8,10,18-19H2,1-4H3. The Balaban J connectivity index is 2.25. The molecule has 5 nitrogen and oxygen atoms in total. The van der Waals surface area contributed by atoms with Gasteiger partial charge in [-0.15, -0.1) is 0 Å².